The van der Waals surface area contributed by atoms with Gasteiger partial charge in [-0.25, -0.2) is 0 Å². The second-order valence-corrected chi connectivity index (χ2v) is 1.62. The van der Waals surface area contributed by atoms with Crippen LogP contribution >= 0.6 is 0 Å². The van der Waals surface area contributed by atoms with Crippen LogP contribution in [0.3, 0.4) is 0 Å². The molecule has 0 aromatic carbocycles. The van der Waals surface area contributed by atoms with Crippen molar-refractivity contribution in [3.05, 3.63) is 0 Å². The topological polar surface area (TPSA) is 3.24 Å². The molecule has 0 unspecified atom stereocenters. The first-order chi connectivity index (χ1) is 3.35. The summed E-state index contributed by atoms with van der Waals surface area (Å²) in [5, 5.41) is 0. The van der Waals surface area contributed by atoms with E-state index in [1.807, 2.05) is 0 Å². The van der Waals surface area contributed by atoms with Crippen molar-refractivity contribution in [2.75, 3.05) is 19.6 Å². The van der Waals surface area contributed by atoms with Gasteiger partial charge in [-0.05, 0) is 19.6 Å². The summed E-state index contributed by atoms with van der Waals surface area (Å²) >= 11 is 0. The Morgan fingerprint density at radius 3 is 1.29 bits per heavy atom. The van der Waals surface area contributed by atoms with E-state index in [-0.39, 0.29) is 1.43 Å². The van der Waals surface area contributed by atoms with Crippen molar-refractivity contribution in [1.82, 2.24) is 4.90 Å². The lowest BCUT2D eigenvalue weighted by Crippen LogP contribution is -2.21. The van der Waals surface area contributed by atoms with E-state index in [1.165, 1.54) is 19.6 Å². The van der Waals surface area contributed by atoms with Crippen LogP contribution < -0.4 is 0 Å². The largest absolute Gasteiger partial charge is 0.304 e. The van der Waals surface area contributed by atoms with Crippen LogP contribution in [0.25, 0.3) is 0 Å². The van der Waals surface area contributed by atoms with Gasteiger partial charge in [0.25, 0.3) is 0 Å². The molecule has 0 amide bonds. The average Bonchev–Trinajstić information content (AvgIpc) is 1.72. The monoisotopic (exact) mass is 102 g/mol. The Bertz CT molecular complexity index is 30.0. The van der Waals surface area contributed by atoms with E-state index in [2.05, 4.69) is 25.7 Å². The SMILES string of the molecule is CCN(CC)CC.[H]. The van der Waals surface area contributed by atoms with Crippen LogP contribution in [0, 0.1) is 0 Å². The molecular formula is C6H16N. The summed E-state index contributed by atoms with van der Waals surface area (Å²) in [7, 11) is 0. The van der Waals surface area contributed by atoms with Gasteiger partial charge in [-0.15, -0.1) is 0 Å². The standard InChI is InChI=1S/C6H15N.H/c1-4-7(5-2)6-3;/h4-6H2,1-3H3;. The maximum absolute atomic E-state index is 2.38. The molecule has 1 nitrogen and oxygen atoms in total. The minimum atomic E-state index is 0. The van der Waals surface area contributed by atoms with Gasteiger partial charge in [0.2, 0.25) is 0 Å². The molecule has 7 heavy (non-hydrogen) atoms. The minimum absolute atomic E-state index is 0. The van der Waals surface area contributed by atoms with Crippen LogP contribution in [-0.4, -0.2) is 24.5 Å². The molecule has 0 aliphatic rings. The van der Waals surface area contributed by atoms with E-state index < -0.39 is 0 Å². The van der Waals surface area contributed by atoms with E-state index in [4.69, 9.17) is 0 Å². The van der Waals surface area contributed by atoms with Crippen LogP contribution in [0.1, 0.15) is 22.2 Å². The highest BCUT2D eigenvalue weighted by Crippen LogP contribution is 1.81. The highest BCUT2D eigenvalue weighted by molar-refractivity contribution is 4.43. The molecule has 1 radical (unpaired) electrons. The molecule has 0 saturated carbocycles. The highest BCUT2D eigenvalue weighted by atomic mass is 15.1. The fourth-order valence-electron chi connectivity index (χ4n) is 0.671. The number of nitrogens with zero attached hydrogens (tertiary/aromatic N) is 1. The molecule has 0 N–H and O–H groups in total. The molecular weight excluding hydrogens is 86.1 g/mol. The lowest BCUT2D eigenvalue weighted by Gasteiger charge is -2.13. The second kappa shape index (κ2) is 4.13. The van der Waals surface area contributed by atoms with Gasteiger partial charge in [0.1, 0.15) is 0 Å². The quantitative estimate of drug-likeness (QED) is 0.521. The summed E-state index contributed by atoms with van der Waals surface area (Å²) in [5.41, 5.74) is 0. The van der Waals surface area contributed by atoms with Crippen molar-refractivity contribution < 1.29 is 1.43 Å². The number of hydrogen-bond acceptors (Lipinski definition) is 1. The molecule has 0 aromatic heterocycles. The Balaban J connectivity index is 0. The first-order valence-corrected chi connectivity index (χ1v) is 3.07. The van der Waals surface area contributed by atoms with Crippen molar-refractivity contribution in [2.45, 2.75) is 20.8 Å². The smallest absolute Gasteiger partial charge is 0 e. The summed E-state index contributed by atoms with van der Waals surface area (Å²) in [5.74, 6) is 0. The van der Waals surface area contributed by atoms with Crippen LogP contribution in [0.4, 0.5) is 0 Å². The van der Waals surface area contributed by atoms with Gasteiger partial charge in [-0.3, -0.25) is 0 Å². The molecule has 0 rings (SSSR count). The summed E-state index contributed by atoms with van der Waals surface area (Å²) in [6.45, 7) is 10.1. The third-order valence-corrected chi connectivity index (χ3v) is 1.34. The fourth-order valence-corrected chi connectivity index (χ4v) is 0.671. The molecule has 0 aliphatic heterocycles. The van der Waals surface area contributed by atoms with Crippen molar-refractivity contribution in [3.63, 3.8) is 0 Å². The van der Waals surface area contributed by atoms with Gasteiger partial charge in [0.05, 0.1) is 0 Å². The Labute approximate surface area is 47.8 Å². The van der Waals surface area contributed by atoms with Crippen molar-refractivity contribution in [1.29, 1.82) is 0 Å². The Kier molecular flexibility index (Phi) is 4.10. The average molecular weight is 102 g/mol. The molecule has 0 aromatic rings. The van der Waals surface area contributed by atoms with Gasteiger partial charge in [0.15, 0.2) is 0 Å². The van der Waals surface area contributed by atoms with Gasteiger partial charge in [0, 0.05) is 1.43 Å². The molecule has 0 heterocycles. The third-order valence-electron chi connectivity index (χ3n) is 1.34. The normalized spacial score (nSPS) is 10.3. The zero-order valence-electron chi connectivity index (χ0n) is 6.57. The summed E-state index contributed by atoms with van der Waals surface area (Å²) < 4.78 is 0. The molecule has 45 valence electrons. The second-order valence-electron chi connectivity index (χ2n) is 1.62. The lowest BCUT2D eigenvalue weighted by molar-refractivity contribution is 0.321. The predicted molar refractivity (Wildman–Crippen MR) is 34.6 cm³/mol. The summed E-state index contributed by atoms with van der Waals surface area (Å²) in [6.07, 6.45) is 0. The highest BCUT2D eigenvalue weighted by Gasteiger charge is 1.89. The maximum Gasteiger partial charge on any atom is 0 e. The van der Waals surface area contributed by atoms with Crippen LogP contribution in [0.2, 0.25) is 0 Å². The lowest BCUT2D eigenvalue weighted by atomic mass is 10.5. The molecule has 0 spiro atoms. The molecule has 0 aliphatic carbocycles. The molecule has 1 heteroatoms. The van der Waals surface area contributed by atoms with Gasteiger partial charge >= 0.3 is 0 Å². The van der Waals surface area contributed by atoms with Gasteiger partial charge in [-0.1, -0.05) is 20.8 Å². The van der Waals surface area contributed by atoms with E-state index in [0.717, 1.165) is 0 Å². The maximum atomic E-state index is 2.38. The molecule has 0 bridgehead atoms. The Morgan fingerprint density at radius 2 is 1.29 bits per heavy atom. The zero-order chi connectivity index (χ0) is 5.70. The zero-order valence-corrected chi connectivity index (χ0v) is 5.57. The molecule has 0 atom stereocenters. The minimum Gasteiger partial charge on any atom is -0.304 e. The third kappa shape index (κ3) is 2.63. The van der Waals surface area contributed by atoms with Crippen molar-refractivity contribution >= 4 is 0 Å². The van der Waals surface area contributed by atoms with Crippen LogP contribution in [-0.2, 0) is 0 Å². The van der Waals surface area contributed by atoms with E-state index in [0.29, 0.717) is 0 Å². The van der Waals surface area contributed by atoms with Gasteiger partial charge < -0.3 is 4.90 Å². The van der Waals surface area contributed by atoms with Crippen molar-refractivity contribution in [3.8, 4) is 0 Å². The van der Waals surface area contributed by atoms with Crippen LogP contribution in [0.15, 0.2) is 0 Å². The fraction of sp³-hybridized carbons (Fsp3) is 1.00. The van der Waals surface area contributed by atoms with E-state index in [9.17, 15) is 0 Å². The molecule has 0 fully saturated rings. The molecule has 0 saturated heterocycles. The first kappa shape index (κ1) is 6.96. The summed E-state index contributed by atoms with van der Waals surface area (Å²) in [4.78, 5) is 2.38. The van der Waals surface area contributed by atoms with Crippen molar-refractivity contribution in [2.24, 2.45) is 0 Å². The van der Waals surface area contributed by atoms with E-state index >= 15 is 0 Å². The number of hydrogen-bond donors (Lipinski definition) is 0. The number of rotatable bonds is 3. The predicted octanol–water partition coefficient (Wildman–Crippen LogP) is 1.46. The summed E-state index contributed by atoms with van der Waals surface area (Å²) in [6, 6.07) is 0. The Hall–Kier alpha value is -0.0400. The van der Waals surface area contributed by atoms with E-state index in [1.54, 1.807) is 0 Å². The Morgan fingerprint density at radius 1 is 1.00 bits per heavy atom. The van der Waals surface area contributed by atoms with Crippen LogP contribution in [0.5, 0.6) is 0 Å². The van der Waals surface area contributed by atoms with Gasteiger partial charge in [-0.2, -0.15) is 0 Å². The first-order valence-electron chi connectivity index (χ1n) is 3.07.